The molecule has 0 unspecified atom stereocenters. The fourth-order valence-corrected chi connectivity index (χ4v) is 2.21. The molecule has 0 amide bonds. The van der Waals surface area contributed by atoms with Crippen LogP contribution in [0, 0.1) is 0 Å². The molecular weight excluding hydrogens is 238 g/mol. The highest BCUT2D eigenvalue weighted by molar-refractivity contribution is 5.19. The number of nitrogens with one attached hydrogen (secondary N) is 1. The molecule has 0 spiro atoms. The van der Waals surface area contributed by atoms with Crippen molar-refractivity contribution in [3.8, 4) is 5.75 Å². The Hall–Kier alpha value is -1.13. The van der Waals surface area contributed by atoms with Crippen LogP contribution in [0.1, 0.15) is 32.4 Å². The van der Waals surface area contributed by atoms with Gasteiger partial charge in [-0.05, 0) is 38.1 Å². The zero-order valence-corrected chi connectivity index (χ0v) is 12.1. The first-order valence-corrected chi connectivity index (χ1v) is 7.27. The Morgan fingerprint density at radius 3 is 2.74 bits per heavy atom. The molecule has 4 nitrogen and oxygen atoms in total. The van der Waals surface area contributed by atoms with Gasteiger partial charge < -0.3 is 10.1 Å². The maximum absolute atomic E-state index is 5.72. The molecule has 4 heteroatoms. The second-order valence-corrected chi connectivity index (χ2v) is 5.42. The normalized spacial score (nSPS) is 16.2. The van der Waals surface area contributed by atoms with Gasteiger partial charge in [0.25, 0.3) is 0 Å². The summed E-state index contributed by atoms with van der Waals surface area (Å²) in [5.41, 5.74) is 1.06. The molecule has 0 aromatic carbocycles. The van der Waals surface area contributed by atoms with E-state index in [0.29, 0.717) is 6.04 Å². The molecule has 1 aliphatic heterocycles. The van der Waals surface area contributed by atoms with Crippen molar-refractivity contribution in [1.82, 2.24) is 15.2 Å². The molecule has 1 N–H and O–H groups in total. The van der Waals surface area contributed by atoms with Gasteiger partial charge in [-0.1, -0.05) is 13.8 Å². The SMILES string of the molecule is CC(C)NCc1ccc(OCCN2CCCC2)cn1. The van der Waals surface area contributed by atoms with Gasteiger partial charge in [-0.3, -0.25) is 9.88 Å². The highest BCUT2D eigenvalue weighted by atomic mass is 16.5. The smallest absolute Gasteiger partial charge is 0.137 e. The van der Waals surface area contributed by atoms with Gasteiger partial charge in [0.05, 0.1) is 11.9 Å². The first-order chi connectivity index (χ1) is 9.24. The molecule has 1 fully saturated rings. The van der Waals surface area contributed by atoms with Gasteiger partial charge in [-0.2, -0.15) is 0 Å². The van der Waals surface area contributed by atoms with E-state index < -0.39 is 0 Å². The number of nitrogens with zero attached hydrogens (tertiary/aromatic N) is 2. The first kappa shape index (κ1) is 14.3. The van der Waals surface area contributed by atoms with Crippen molar-refractivity contribution in [2.45, 2.75) is 39.3 Å². The standard InChI is InChI=1S/C15H25N3O/c1-13(2)16-11-14-5-6-15(12-17-14)19-10-9-18-7-3-4-8-18/h5-6,12-13,16H,3-4,7-11H2,1-2H3. The second kappa shape index (κ2) is 7.46. The van der Waals surface area contributed by atoms with Crippen LogP contribution >= 0.6 is 0 Å². The third-order valence-corrected chi connectivity index (χ3v) is 3.36. The highest BCUT2D eigenvalue weighted by Crippen LogP contribution is 2.10. The van der Waals surface area contributed by atoms with E-state index >= 15 is 0 Å². The van der Waals surface area contributed by atoms with Crippen LogP contribution in [-0.4, -0.2) is 42.2 Å². The van der Waals surface area contributed by atoms with Gasteiger partial charge in [0.2, 0.25) is 0 Å². The number of likely N-dealkylation sites (tertiary alicyclic amines) is 1. The summed E-state index contributed by atoms with van der Waals surface area (Å²) in [6, 6.07) is 4.52. The van der Waals surface area contributed by atoms with Gasteiger partial charge >= 0.3 is 0 Å². The lowest BCUT2D eigenvalue weighted by atomic mass is 10.3. The average molecular weight is 263 g/mol. The molecule has 1 aliphatic rings. The predicted octanol–water partition coefficient (Wildman–Crippen LogP) is 2.05. The maximum atomic E-state index is 5.72. The zero-order valence-electron chi connectivity index (χ0n) is 12.1. The minimum absolute atomic E-state index is 0.484. The van der Waals surface area contributed by atoms with Crippen molar-refractivity contribution in [1.29, 1.82) is 0 Å². The van der Waals surface area contributed by atoms with Crippen LogP contribution in [0.15, 0.2) is 18.3 Å². The molecule has 0 aliphatic carbocycles. The largest absolute Gasteiger partial charge is 0.491 e. The molecule has 1 aromatic rings. The second-order valence-electron chi connectivity index (χ2n) is 5.42. The first-order valence-electron chi connectivity index (χ1n) is 7.27. The number of hydrogen-bond donors (Lipinski definition) is 1. The van der Waals surface area contributed by atoms with Gasteiger partial charge in [0, 0.05) is 19.1 Å². The quantitative estimate of drug-likeness (QED) is 0.817. The maximum Gasteiger partial charge on any atom is 0.137 e. The Morgan fingerprint density at radius 2 is 2.11 bits per heavy atom. The summed E-state index contributed by atoms with van der Waals surface area (Å²) in [5.74, 6) is 0.868. The van der Waals surface area contributed by atoms with Gasteiger partial charge in [0.15, 0.2) is 0 Å². The van der Waals surface area contributed by atoms with Crippen molar-refractivity contribution >= 4 is 0 Å². The lowest BCUT2D eigenvalue weighted by Crippen LogP contribution is -2.25. The van der Waals surface area contributed by atoms with Crippen LogP contribution in [0.4, 0.5) is 0 Å². The third kappa shape index (κ3) is 5.17. The number of hydrogen-bond acceptors (Lipinski definition) is 4. The minimum atomic E-state index is 0.484. The van der Waals surface area contributed by atoms with Crippen molar-refractivity contribution in [2.75, 3.05) is 26.2 Å². The van der Waals surface area contributed by atoms with Crippen LogP contribution in [-0.2, 0) is 6.54 Å². The summed E-state index contributed by atoms with van der Waals surface area (Å²) in [6.07, 6.45) is 4.49. The third-order valence-electron chi connectivity index (χ3n) is 3.36. The van der Waals surface area contributed by atoms with E-state index in [1.807, 2.05) is 18.3 Å². The Kier molecular flexibility index (Phi) is 5.61. The Morgan fingerprint density at radius 1 is 1.32 bits per heavy atom. The molecule has 2 heterocycles. The van der Waals surface area contributed by atoms with Crippen LogP contribution in [0.5, 0.6) is 5.75 Å². The number of rotatable bonds is 7. The molecule has 0 saturated carbocycles. The molecule has 0 bridgehead atoms. The van der Waals surface area contributed by atoms with E-state index in [-0.39, 0.29) is 0 Å². The monoisotopic (exact) mass is 263 g/mol. The van der Waals surface area contributed by atoms with E-state index in [0.717, 1.165) is 31.1 Å². The molecule has 1 saturated heterocycles. The van der Waals surface area contributed by atoms with E-state index in [1.54, 1.807) is 0 Å². The summed E-state index contributed by atoms with van der Waals surface area (Å²) in [5, 5.41) is 3.35. The van der Waals surface area contributed by atoms with Crippen LogP contribution < -0.4 is 10.1 Å². The van der Waals surface area contributed by atoms with Gasteiger partial charge in [-0.15, -0.1) is 0 Å². The zero-order chi connectivity index (χ0) is 13.5. The topological polar surface area (TPSA) is 37.4 Å². The Labute approximate surface area is 116 Å². The van der Waals surface area contributed by atoms with Crippen molar-refractivity contribution < 1.29 is 4.74 Å². The van der Waals surface area contributed by atoms with E-state index in [4.69, 9.17) is 4.74 Å². The average Bonchev–Trinajstić information content (AvgIpc) is 2.91. The lowest BCUT2D eigenvalue weighted by Gasteiger charge is -2.15. The van der Waals surface area contributed by atoms with Crippen molar-refractivity contribution in [2.24, 2.45) is 0 Å². The molecule has 19 heavy (non-hydrogen) atoms. The van der Waals surface area contributed by atoms with Crippen LogP contribution in [0.2, 0.25) is 0 Å². The highest BCUT2D eigenvalue weighted by Gasteiger charge is 2.10. The molecular formula is C15H25N3O. The fraction of sp³-hybridized carbons (Fsp3) is 0.667. The summed E-state index contributed by atoms with van der Waals surface area (Å²) >= 11 is 0. The van der Waals surface area contributed by atoms with Crippen molar-refractivity contribution in [3.63, 3.8) is 0 Å². The summed E-state index contributed by atoms with van der Waals surface area (Å²) < 4.78 is 5.72. The Bertz CT molecular complexity index is 358. The van der Waals surface area contributed by atoms with Crippen LogP contribution in [0.3, 0.4) is 0 Å². The van der Waals surface area contributed by atoms with Crippen molar-refractivity contribution in [3.05, 3.63) is 24.0 Å². The van der Waals surface area contributed by atoms with E-state index in [1.165, 1.54) is 25.9 Å². The fourth-order valence-electron chi connectivity index (χ4n) is 2.21. The molecule has 1 aromatic heterocycles. The summed E-state index contributed by atoms with van der Waals surface area (Å²) in [4.78, 5) is 6.85. The molecule has 2 rings (SSSR count). The number of pyridine rings is 1. The summed E-state index contributed by atoms with van der Waals surface area (Å²) in [6.45, 7) is 9.31. The number of aromatic nitrogens is 1. The molecule has 0 atom stereocenters. The lowest BCUT2D eigenvalue weighted by molar-refractivity contribution is 0.237. The predicted molar refractivity (Wildman–Crippen MR) is 77.4 cm³/mol. The molecule has 106 valence electrons. The summed E-state index contributed by atoms with van der Waals surface area (Å²) in [7, 11) is 0. The van der Waals surface area contributed by atoms with Gasteiger partial charge in [0.1, 0.15) is 12.4 Å². The molecule has 0 radical (unpaired) electrons. The van der Waals surface area contributed by atoms with Gasteiger partial charge in [-0.25, -0.2) is 0 Å². The minimum Gasteiger partial charge on any atom is -0.491 e. The van der Waals surface area contributed by atoms with E-state index in [9.17, 15) is 0 Å². The van der Waals surface area contributed by atoms with Crippen LogP contribution in [0.25, 0.3) is 0 Å². The number of ether oxygens (including phenoxy) is 1. The van der Waals surface area contributed by atoms with E-state index in [2.05, 4.69) is 29.0 Å². The Balaban J connectivity index is 1.69.